The largest absolute Gasteiger partial charge is 0.357 e. The van der Waals surface area contributed by atoms with Gasteiger partial charge in [0.05, 0.1) is 18.1 Å². The van der Waals surface area contributed by atoms with E-state index in [9.17, 15) is 0 Å². The number of likely N-dealkylation sites (N-methyl/N-ethyl adjacent to an activating group) is 2. The molecule has 3 rings (SSSR count). The lowest BCUT2D eigenvalue weighted by atomic mass is 10.2. The first-order chi connectivity index (χ1) is 10.1. The van der Waals surface area contributed by atoms with Crippen LogP contribution in [0.15, 0.2) is 23.0 Å². The normalized spacial score (nSPS) is 18.0. The third-order valence-electron chi connectivity index (χ3n) is 4.18. The Morgan fingerprint density at radius 3 is 2.71 bits per heavy atom. The molecule has 0 atom stereocenters. The van der Waals surface area contributed by atoms with Crippen molar-refractivity contribution < 1.29 is 0 Å². The van der Waals surface area contributed by atoms with Gasteiger partial charge in [-0.3, -0.25) is 4.68 Å². The average molecular weight is 288 g/mol. The first kappa shape index (κ1) is 14.0. The summed E-state index contributed by atoms with van der Waals surface area (Å²) in [6.45, 7) is 4.81. The first-order valence-electron chi connectivity index (χ1n) is 7.53. The van der Waals surface area contributed by atoms with Crippen LogP contribution in [0.1, 0.15) is 18.3 Å². The van der Waals surface area contributed by atoms with Crippen LogP contribution in [0.5, 0.6) is 0 Å². The van der Waals surface area contributed by atoms with Crippen molar-refractivity contribution in [3.8, 4) is 0 Å². The molecule has 1 aromatic rings. The molecule has 0 amide bonds. The van der Waals surface area contributed by atoms with Crippen LogP contribution in [0.25, 0.3) is 0 Å². The molecule has 114 valence electrons. The molecule has 0 spiro atoms. The standard InChI is InChI=1S/C15H24N6/c1-5-12-8-13(20(4)17-12)6-7-21-9-14-15(19(3)11-21)16-10-18(14)2/h8-9H,5-7,10-11H2,1-4H3. The van der Waals surface area contributed by atoms with Crippen molar-refractivity contribution >= 4 is 5.84 Å². The summed E-state index contributed by atoms with van der Waals surface area (Å²) in [5, 5.41) is 4.52. The molecule has 0 radical (unpaired) electrons. The van der Waals surface area contributed by atoms with Crippen molar-refractivity contribution in [1.29, 1.82) is 0 Å². The molecule has 0 saturated heterocycles. The summed E-state index contributed by atoms with van der Waals surface area (Å²) in [4.78, 5) is 11.3. The van der Waals surface area contributed by atoms with E-state index in [2.05, 4.69) is 58.1 Å². The van der Waals surface area contributed by atoms with Gasteiger partial charge in [0.15, 0.2) is 5.84 Å². The fourth-order valence-electron chi connectivity index (χ4n) is 2.90. The third kappa shape index (κ3) is 2.62. The van der Waals surface area contributed by atoms with Crippen molar-refractivity contribution in [2.75, 3.05) is 34.0 Å². The molecular weight excluding hydrogens is 264 g/mol. The number of hydrogen-bond acceptors (Lipinski definition) is 5. The second kappa shape index (κ2) is 5.42. The van der Waals surface area contributed by atoms with Gasteiger partial charge in [0.2, 0.25) is 0 Å². The van der Waals surface area contributed by atoms with E-state index < -0.39 is 0 Å². The highest BCUT2D eigenvalue weighted by atomic mass is 15.4. The van der Waals surface area contributed by atoms with Gasteiger partial charge in [-0.25, -0.2) is 4.99 Å². The zero-order chi connectivity index (χ0) is 15.0. The summed E-state index contributed by atoms with van der Waals surface area (Å²) in [6.07, 6.45) is 4.25. The summed E-state index contributed by atoms with van der Waals surface area (Å²) < 4.78 is 2.01. The van der Waals surface area contributed by atoms with Crippen molar-refractivity contribution in [2.24, 2.45) is 12.0 Å². The minimum atomic E-state index is 0.765. The molecule has 0 aromatic carbocycles. The number of rotatable bonds is 4. The molecule has 0 saturated carbocycles. The summed E-state index contributed by atoms with van der Waals surface area (Å²) >= 11 is 0. The predicted molar refractivity (Wildman–Crippen MR) is 83.8 cm³/mol. The maximum absolute atomic E-state index is 4.56. The molecule has 0 aliphatic carbocycles. The van der Waals surface area contributed by atoms with E-state index in [0.717, 1.165) is 38.6 Å². The monoisotopic (exact) mass is 288 g/mol. The van der Waals surface area contributed by atoms with Crippen molar-refractivity contribution in [3.05, 3.63) is 29.4 Å². The zero-order valence-corrected chi connectivity index (χ0v) is 13.4. The number of nitrogens with zero attached hydrogens (tertiary/aromatic N) is 6. The Hall–Kier alpha value is -1.98. The van der Waals surface area contributed by atoms with Crippen molar-refractivity contribution in [3.63, 3.8) is 0 Å². The van der Waals surface area contributed by atoms with Crippen LogP contribution in [0, 0.1) is 0 Å². The van der Waals surface area contributed by atoms with Gasteiger partial charge in [0.25, 0.3) is 0 Å². The zero-order valence-electron chi connectivity index (χ0n) is 13.4. The van der Waals surface area contributed by atoms with Crippen LogP contribution in [0.4, 0.5) is 0 Å². The van der Waals surface area contributed by atoms with E-state index in [1.165, 1.54) is 17.1 Å². The maximum atomic E-state index is 4.56. The molecule has 6 heteroatoms. The number of fused-ring (bicyclic) bond motifs is 1. The second-order valence-corrected chi connectivity index (χ2v) is 5.84. The summed E-state index contributed by atoms with van der Waals surface area (Å²) in [5.74, 6) is 1.11. The van der Waals surface area contributed by atoms with Gasteiger partial charge in [0.1, 0.15) is 6.67 Å². The van der Waals surface area contributed by atoms with Crippen molar-refractivity contribution in [1.82, 2.24) is 24.5 Å². The van der Waals surface area contributed by atoms with Gasteiger partial charge in [-0.2, -0.15) is 5.10 Å². The highest BCUT2D eigenvalue weighted by molar-refractivity contribution is 5.99. The van der Waals surface area contributed by atoms with Gasteiger partial charge < -0.3 is 14.7 Å². The summed E-state index contributed by atoms with van der Waals surface area (Å²) in [7, 11) is 6.23. The van der Waals surface area contributed by atoms with Crippen LogP contribution >= 0.6 is 0 Å². The molecule has 3 heterocycles. The number of amidine groups is 1. The van der Waals surface area contributed by atoms with Crippen LogP contribution in [-0.2, 0) is 19.9 Å². The Bertz CT molecular complexity index is 585. The fourth-order valence-corrected chi connectivity index (χ4v) is 2.90. The van der Waals surface area contributed by atoms with E-state index in [-0.39, 0.29) is 0 Å². The first-order valence-corrected chi connectivity index (χ1v) is 7.53. The highest BCUT2D eigenvalue weighted by Gasteiger charge is 2.27. The molecule has 21 heavy (non-hydrogen) atoms. The van der Waals surface area contributed by atoms with Crippen LogP contribution < -0.4 is 0 Å². The lowest BCUT2D eigenvalue weighted by molar-refractivity contribution is 0.255. The fraction of sp³-hybridized carbons (Fsp3) is 0.600. The Labute approximate surface area is 126 Å². The minimum Gasteiger partial charge on any atom is -0.357 e. The Kier molecular flexibility index (Phi) is 3.61. The summed E-state index contributed by atoms with van der Waals surface area (Å²) in [6, 6.07) is 2.22. The van der Waals surface area contributed by atoms with Gasteiger partial charge in [0, 0.05) is 46.0 Å². The van der Waals surface area contributed by atoms with Crippen LogP contribution in [0.2, 0.25) is 0 Å². The van der Waals surface area contributed by atoms with Gasteiger partial charge in [-0.1, -0.05) is 6.92 Å². The Morgan fingerprint density at radius 1 is 1.19 bits per heavy atom. The van der Waals surface area contributed by atoms with Crippen LogP contribution in [0.3, 0.4) is 0 Å². The molecule has 0 bridgehead atoms. The molecule has 0 unspecified atom stereocenters. The van der Waals surface area contributed by atoms with E-state index in [1.807, 2.05) is 11.7 Å². The van der Waals surface area contributed by atoms with Gasteiger partial charge >= 0.3 is 0 Å². The lowest BCUT2D eigenvalue weighted by Crippen LogP contribution is -2.43. The SMILES string of the molecule is CCc1cc(CCN2C=C3C(=NCN3C)N(C)C2)n(C)n1. The average Bonchev–Trinajstić information content (AvgIpc) is 3.01. The van der Waals surface area contributed by atoms with Crippen LogP contribution in [-0.4, -0.2) is 64.3 Å². The molecule has 2 aliphatic heterocycles. The smallest absolute Gasteiger partial charge is 0.152 e. The molecule has 2 aliphatic rings. The maximum Gasteiger partial charge on any atom is 0.152 e. The Morgan fingerprint density at radius 2 is 2.00 bits per heavy atom. The van der Waals surface area contributed by atoms with E-state index in [0.29, 0.717) is 0 Å². The lowest BCUT2D eigenvalue weighted by Gasteiger charge is -2.34. The third-order valence-corrected chi connectivity index (χ3v) is 4.18. The highest BCUT2D eigenvalue weighted by Crippen LogP contribution is 2.20. The second-order valence-electron chi connectivity index (χ2n) is 5.84. The van der Waals surface area contributed by atoms with E-state index >= 15 is 0 Å². The number of aromatic nitrogens is 2. The van der Waals surface area contributed by atoms with E-state index in [1.54, 1.807) is 0 Å². The predicted octanol–water partition coefficient (Wildman–Crippen LogP) is 0.873. The quantitative estimate of drug-likeness (QED) is 0.824. The van der Waals surface area contributed by atoms with Gasteiger partial charge in [-0.15, -0.1) is 0 Å². The molecule has 0 N–H and O–H groups in total. The number of aryl methyl sites for hydroxylation is 2. The Balaban J connectivity index is 1.68. The number of aliphatic imine (C=N–C) groups is 1. The summed E-state index contributed by atoms with van der Waals surface area (Å²) in [5.41, 5.74) is 3.70. The van der Waals surface area contributed by atoms with Gasteiger partial charge in [-0.05, 0) is 12.5 Å². The molecule has 1 aromatic heterocycles. The molecule has 6 nitrogen and oxygen atoms in total. The molecule has 0 fully saturated rings. The van der Waals surface area contributed by atoms with E-state index in [4.69, 9.17) is 0 Å². The molecular formula is C15H24N6. The minimum absolute atomic E-state index is 0.765. The topological polar surface area (TPSA) is 39.9 Å². The van der Waals surface area contributed by atoms with Crippen molar-refractivity contribution in [2.45, 2.75) is 19.8 Å². The number of hydrogen-bond donors (Lipinski definition) is 0.